The number of carbonyl (C=O) groups is 1. The summed E-state index contributed by atoms with van der Waals surface area (Å²) in [6, 6.07) is 17.1. The van der Waals surface area contributed by atoms with Crippen LogP contribution in [0, 0.1) is 6.92 Å². The first-order valence-corrected chi connectivity index (χ1v) is 7.78. The van der Waals surface area contributed by atoms with Crippen LogP contribution < -0.4 is 10.2 Å². The number of para-hydroxylation sites is 1. The maximum atomic E-state index is 12.0. The molecule has 2 aromatic carbocycles. The Balaban J connectivity index is 1.94. The highest BCUT2D eigenvalue weighted by atomic mass is 16.2. The van der Waals surface area contributed by atoms with E-state index >= 15 is 0 Å². The zero-order valence-corrected chi connectivity index (χ0v) is 13.3. The second-order valence-electron chi connectivity index (χ2n) is 6.10. The molecule has 0 fully saturated rings. The molecule has 1 amide bonds. The fraction of sp³-hybridized carbons (Fsp3) is 0.316. The first-order valence-electron chi connectivity index (χ1n) is 7.78. The van der Waals surface area contributed by atoms with E-state index in [4.69, 9.17) is 0 Å². The van der Waals surface area contributed by atoms with Gasteiger partial charge in [0.15, 0.2) is 0 Å². The molecule has 0 saturated carbocycles. The van der Waals surface area contributed by atoms with Crippen molar-refractivity contribution in [1.29, 1.82) is 0 Å². The van der Waals surface area contributed by atoms with E-state index in [0.29, 0.717) is 0 Å². The van der Waals surface area contributed by atoms with E-state index < -0.39 is 0 Å². The molecule has 0 bridgehead atoms. The molecule has 2 atom stereocenters. The van der Waals surface area contributed by atoms with Crippen LogP contribution in [0.15, 0.2) is 48.5 Å². The molecule has 0 radical (unpaired) electrons. The zero-order valence-electron chi connectivity index (χ0n) is 13.3. The van der Waals surface area contributed by atoms with Crippen LogP contribution in [0.4, 0.5) is 11.4 Å². The van der Waals surface area contributed by atoms with E-state index in [1.54, 1.807) is 6.92 Å². The average molecular weight is 294 g/mol. The lowest BCUT2D eigenvalue weighted by Gasteiger charge is -2.39. The van der Waals surface area contributed by atoms with E-state index in [9.17, 15) is 4.79 Å². The predicted molar refractivity (Wildman–Crippen MR) is 91.2 cm³/mol. The van der Waals surface area contributed by atoms with Gasteiger partial charge in [0.2, 0.25) is 5.91 Å². The fourth-order valence-electron chi connectivity index (χ4n) is 3.28. The molecule has 2 unspecified atom stereocenters. The van der Waals surface area contributed by atoms with Gasteiger partial charge in [0, 0.05) is 24.3 Å². The number of fused-ring (bicyclic) bond motifs is 1. The van der Waals surface area contributed by atoms with Crippen molar-refractivity contribution in [3.63, 3.8) is 0 Å². The van der Waals surface area contributed by atoms with Gasteiger partial charge in [-0.15, -0.1) is 0 Å². The highest BCUT2D eigenvalue weighted by Crippen LogP contribution is 2.38. The third-order valence-electron chi connectivity index (χ3n) is 4.32. The third-order valence-corrected chi connectivity index (χ3v) is 4.32. The summed E-state index contributed by atoms with van der Waals surface area (Å²) >= 11 is 0. The lowest BCUT2D eigenvalue weighted by atomic mass is 9.91. The molecule has 1 N–H and O–H groups in total. The minimum Gasteiger partial charge on any atom is -0.378 e. The van der Waals surface area contributed by atoms with Crippen molar-refractivity contribution in [1.82, 2.24) is 0 Å². The smallest absolute Gasteiger partial charge is 0.224 e. The number of nitrogens with zero attached hydrogens (tertiary/aromatic N) is 1. The van der Waals surface area contributed by atoms with E-state index in [2.05, 4.69) is 49.5 Å². The molecule has 1 aliphatic heterocycles. The average Bonchev–Trinajstić information content (AvgIpc) is 2.49. The molecule has 0 saturated heterocycles. The van der Waals surface area contributed by atoms with Crippen LogP contribution in [0.25, 0.3) is 0 Å². The Hall–Kier alpha value is -2.29. The molecular formula is C19H22N2O. The molecule has 1 heterocycles. The monoisotopic (exact) mass is 294 g/mol. The van der Waals surface area contributed by atoms with Crippen molar-refractivity contribution in [3.05, 3.63) is 59.7 Å². The van der Waals surface area contributed by atoms with E-state index in [1.165, 1.54) is 11.1 Å². The number of hydrogen-bond acceptors (Lipinski definition) is 2. The molecule has 2 aromatic rings. The maximum Gasteiger partial charge on any atom is 0.224 e. The topological polar surface area (TPSA) is 32.3 Å². The summed E-state index contributed by atoms with van der Waals surface area (Å²) in [5, 5.41) is 3.62. The number of anilines is 2. The number of hydrogen-bond donors (Lipinski definition) is 1. The van der Waals surface area contributed by atoms with Crippen LogP contribution in [0.3, 0.4) is 0 Å². The lowest BCUT2D eigenvalue weighted by Crippen LogP contribution is -2.43. The maximum absolute atomic E-state index is 12.0. The van der Waals surface area contributed by atoms with Crippen molar-refractivity contribution in [3.8, 4) is 0 Å². The van der Waals surface area contributed by atoms with E-state index in [1.807, 2.05) is 23.1 Å². The summed E-state index contributed by atoms with van der Waals surface area (Å²) < 4.78 is 0. The largest absolute Gasteiger partial charge is 0.378 e. The van der Waals surface area contributed by atoms with Crippen molar-refractivity contribution in [2.75, 3.05) is 10.2 Å². The molecule has 0 aromatic heterocycles. The van der Waals surface area contributed by atoms with Crippen molar-refractivity contribution in [2.45, 2.75) is 39.3 Å². The van der Waals surface area contributed by atoms with Crippen molar-refractivity contribution in [2.24, 2.45) is 0 Å². The molecule has 0 spiro atoms. The van der Waals surface area contributed by atoms with Gasteiger partial charge in [-0.2, -0.15) is 0 Å². The van der Waals surface area contributed by atoms with Gasteiger partial charge >= 0.3 is 0 Å². The predicted octanol–water partition coefficient (Wildman–Crippen LogP) is 4.29. The van der Waals surface area contributed by atoms with Gasteiger partial charge in [-0.25, -0.2) is 0 Å². The highest BCUT2D eigenvalue weighted by molar-refractivity contribution is 5.93. The van der Waals surface area contributed by atoms with Gasteiger partial charge < -0.3 is 10.2 Å². The number of nitrogens with one attached hydrogen (secondary N) is 1. The Labute approximate surface area is 132 Å². The van der Waals surface area contributed by atoms with Gasteiger partial charge in [-0.3, -0.25) is 4.79 Å². The Bertz CT molecular complexity index is 678. The van der Waals surface area contributed by atoms with Crippen LogP contribution in [-0.2, 0) is 4.79 Å². The molecule has 22 heavy (non-hydrogen) atoms. The first kappa shape index (κ1) is 14.6. The van der Waals surface area contributed by atoms with Crippen LogP contribution in [0.2, 0.25) is 0 Å². The summed E-state index contributed by atoms with van der Waals surface area (Å²) in [5.74, 6) is 0.105. The number of aryl methyl sites for hydroxylation is 1. The van der Waals surface area contributed by atoms with Crippen LogP contribution in [-0.4, -0.2) is 11.9 Å². The van der Waals surface area contributed by atoms with Gasteiger partial charge in [0.25, 0.3) is 0 Å². The van der Waals surface area contributed by atoms with Gasteiger partial charge in [0.1, 0.15) is 0 Å². The van der Waals surface area contributed by atoms with Crippen LogP contribution in [0.1, 0.15) is 37.4 Å². The Morgan fingerprint density at radius 1 is 1.14 bits per heavy atom. The summed E-state index contributed by atoms with van der Waals surface area (Å²) in [4.78, 5) is 13.9. The molecular weight excluding hydrogens is 272 g/mol. The molecule has 1 aliphatic rings. The molecule has 3 nitrogen and oxygen atoms in total. The standard InChI is InChI=1S/C19H22N2O/c1-13-8-10-16(11-9-13)20-18-12-14(2)21(15(3)22)19-7-5-4-6-17(18)19/h4-11,14,18,20H,12H2,1-3H3. The molecule has 3 heteroatoms. The van der Waals surface area contributed by atoms with Crippen LogP contribution in [0.5, 0.6) is 0 Å². The lowest BCUT2D eigenvalue weighted by molar-refractivity contribution is -0.117. The number of amides is 1. The second kappa shape index (κ2) is 5.84. The van der Waals surface area contributed by atoms with Gasteiger partial charge in [0.05, 0.1) is 6.04 Å². The normalized spacial score (nSPS) is 20.4. The SMILES string of the molecule is CC(=O)N1c2ccccc2C(Nc2ccc(C)cc2)CC1C. The Morgan fingerprint density at radius 2 is 1.82 bits per heavy atom. The molecule has 3 rings (SSSR count). The number of rotatable bonds is 2. The highest BCUT2D eigenvalue weighted by Gasteiger charge is 2.31. The molecule has 114 valence electrons. The Kier molecular flexibility index (Phi) is 3.88. The minimum absolute atomic E-state index is 0.105. The fourth-order valence-corrected chi connectivity index (χ4v) is 3.28. The van der Waals surface area contributed by atoms with Gasteiger partial charge in [-0.05, 0) is 44.0 Å². The second-order valence-corrected chi connectivity index (χ2v) is 6.10. The number of benzene rings is 2. The summed E-state index contributed by atoms with van der Waals surface area (Å²) in [7, 11) is 0. The summed E-state index contributed by atoms with van der Waals surface area (Å²) in [6.45, 7) is 5.84. The van der Waals surface area contributed by atoms with E-state index in [0.717, 1.165) is 17.8 Å². The third kappa shape index (κ3) is 2.71. The van der Waals surface area contributed by atoms with E-state index in [-0.39, 0.29) is 18.0 Å². The zero-order chi connectivity index (χ0) is 15.7. The number of carbonyl (C=O) groups excluding carboxylic acids is 1. The Morgan fingerprint density at radius 3 is 2.50 bits per heavy atom. The van der Waals surface area contributed by atoms with Crippen molar-refractivity contribution < 1.29 is 4.79 Å². The minimum atomic E-state index is 0.105. The summed E-state index contributed by atoms with van der Waals surface area (Å²) in [5.41, 5.74) is 4.59. The quantitative estimate of drug-likeness (QED) is 0.896. The van der Waals surface area contributed by atoms with Crippen LogP contribution >= 0.6 is 0 Å². The molecule has 0 aliphatic carbocycles. The van der Waals surface area contributed by atoms with Crippen molar-refractivity contribution >= 4 is 17.3 Å². The first-order chi connectivity index (χ1) is 10.6. The van der Waals surface area contributed by atoms with Gasteiger partial charge in [-0.1, -0.05) is 35.9 Å². The summed E-state index contributed by atoms with van der Waals surface area (Å²) in [6.07, 6.45) is 0.907.